The highest BCUT2D eigenvalue weighted by Gasteiger charge is 2.06. The molecular formula is C7H10N4. The van der Waals surface area contributed by atoms with E-state index in [4.69, 9.17) is 0 Å². The van der Waals surface area contributed by atoms with E-state index >= 15 is 0 Å². The fourth-order valence-electron chi connectivity index (χ4n) is 1.14. The molecule has 0 saturated carbocycles. The molecule has 11 heavy (non-hydrogen) atoms. The van der Waals surface area contributed by atoms with Crippen LogP contribution in [0.4, 0.5) is 0 Å². The number of H-pyrrole nitrogens is 1. The van der Waals surface area contributed by atoms with Gasteiger partial charge in [-0.2, -0.15) is 5.10 Å². The van der Waals surface area contributed by atoms with Crippen LogP contribution in [-0.4, -0.2) is 19.8 Å². The second kappa shape index (κ2) is 1.84. The maximum absolute atomic E-state index is 4.21. The minimum atomic E-state index is 0.899. The number of hydrogen-bond acceptors (Lipinski definition) is 2. The van der Waals surface area contributed by atoms with E-state index in [1.807, 2.05) is 20.8 Å². The highest BCUT2D eigenvalue weighted by Crippen LogP contribution is 2.10. The normalized spacial score (nSPS) is 11.2. The van der Waals surface area contributed by atoms with Gasteiger partial charge in [-0.25, -0.2) is 0 Å². The number of hydrogen-bond donors (Lipinski definition) is 1. The molecule has 0 fully saturated rings. The second-order valence-electron chi connectivity index (χ2n) is 2.76. The third kappa shape index (κ3) is 0.753. The molecule has 0 atom stereocenters. The largest absolute Gasteiger partial charge is 0.325 e. The van der Waals surface area contributed by atoms with Gasteiger partial charge in [0.05, 0.1) is 5.69 Å². The lowest BCUT2D eigenvalue weighted by Crippen LogP contribution is -1.86. The molecule has 0 aliphatic rings. The van der Waals surface area contributed by atoms with Crippen molar-refractivity contribution in [1.82, 2.24) is 19.8 Å². The van der Waals surface area contributed by atoms with Crippen molar-refractivity contribution in [2.45, 2.75) is 20.8 Å². The highest BCUT2D eigenvalue weighted by atomic mass is 15.5. The Morgan fingerprint density at radius 3 is 2.55 bits per heavy atom. The van der Waals surface area contributed by atoms with Crippen molar-refractivity contribution in [2.24, 2.45) is 0 Å². The summed E-state index contributed by atoms with van der Waals surface area (Å²) in [6.45, 7) is 5.94. The van der Waals surface area contributed by atoms with Crippen LogP contribution < -0.4 is 0 Å². The Hall–Kier alpha value is -1.32. The topological polar surface area (TPSA) is 46.0 Å². The number of nitrogens with one attached hydrogen (secondary N) is 1. The summed E-state index contributed by atoms with van der Waals surface area (Å²) < 4.78 is 1.64. The molecule has 4 heteroatoms. The molecule has 0 saturated heterocycles. The molecule has 1 N–H and O–H groups in total. The third-order valence-corrected chi connectivity index (χ3v) is 1.89. The monoisotopic (exact) mass is 150 g/mol. The van der Waals surface area contributed by atoms with E-state index in [9.17, 15) is 0 Å². The standard InChI is InChI=1S/C7H10N4/c1-4-5(2)9-11-7(4)8-6(3)10-11/h1-3H3,(H,8,10). The van der Waals surface area contributed by atoms with Gasteiger partial charge in [0.1, 0.15) is 5.82 Å². The van der Waals surface area contributed by atoms with Crippen LogP contribution in [0.25, 0.3) is 5.65 Å². The predicted molar refractivity (Wildman–Crippen MR) is 41.5 cm³/mol. The summed E-state index contributed by atoms with van der Waals surface area (Å²) in [5, 5.41) is 8.35. The Bertz CT molecular complexity index is 396. The van der Waals surface area contributed by atoms with Gasteiger partial charge < -0.3 is 4.98 Å². The summed E-state index contributed by atoms with van der Waals surface area (Å²) in [6.07, 6.45) is 0. The molecule has 0 aromatic carbocycles. The smallest absolute Gasteiger partial charge is 0.158 e. The molecule has 58 valence electrons. The molecule has 0 aliphatic carbocycles. The van der Waals surface area contributed by atoms with Crippen LogP contribution in [0.5, 0.6) is 0 Å². The zero-order valence-electron chi connectivity index (χ0n) is 6.84. The maximum Gasteiger partial charge on any atom is 0.158 e. The average molecular weight is 150 g/mol. The maximum atomic E-state index is 4.21. The van der Waals surface area contributed by atoms with Crippen molar-refractivity contribution in [3.8, 4) is 0 Å². The van der Waals surface area contributed by atoms with E-state index in [-0.39, 0.29) is 0 Å². The first-order valence-corrected chi connectivity index (χ1v) is 3.57. The van der Waals surface area contributed by atoms with E-state index in [1.54, 1.807) is 4.63 Å². The predicted octanol–water partition coefficient (Wildman–Crippen LogP) is 0.983. The van der Waals surface area contributed by atoms with Crippen molar-refractivity contribution in [1.29, 1.82) is 0 Å². The Balaban J connectivity index is 2.88. The van der Waals surface area contributed by atoms with Crippen LogP contribution in [0.3, 0.4) is 0 Å². The van der Waals surface area contributed by atoms with Gasteiger partial charge in [0.15, 0.2) is 5.65 Å². The molecule has 0 aliphatic heterocycles. The van der Waals surface area contributed by atoms with E-state index < -0.39 is 0 Å². The van der Waals surface area contributed by atoms with Crippen molar-refractivity contribution in [3.05, 3.63) is 17.1 Å². The van der Waals surface area contributed by atoms with Gasteiger partial charge in [0.25, 0.3) is 0 Å². The summed E-state index contributed by atoms with van der Waals surface area (Å²) >= 11 is 0. The molecule has 2 aromatic heterocycles. The van der Waals surface area contributed by atoms with Gasteiger partial charge in [-0.3, -0.25) is 0 Å². The number of fused-ring (bicyclic) bond motifs is 1. The fraction of sp³-hybridized carbons (Fsp3) is 0.429. The summed E-state index contributed by atoms with van der Waals surface area (Å²) in [7, 11) is 0. The number of aromatic amines is 1. The molecule has 0 unspecified atom stereocenters. The Kier molecular flexibility index (Phi) is 1.07. The van der Waals surface area contributed by atoms with Crippen molar-refractivity contribution in [3.63, 3.8) is 0 Å². The van der Waals surface area contributed by atoms with Crippen LogP contribution in [0.15, 0.2) is 0 Å². The molecule has 2 heterocycles. The fourth-order valence-corrected chi connectivity index (χ4v) is 1.14. The van der Waals surface area contributed by atoms with E-state index in [2.05, 4.69) is 15.2 Å². The van der Waals surface area contributed by atoms with Gasteiger partial charge in [-0.1, -0.05) is 0 Å². The van der Waals surface area contributed by atoms with Gasteiger partial charge in [-0.15, -0.1) is 9.73 Å². The Morgan fingerprint density at radius 2 is 1.91 bits per heavy atom. The quantitative estimate of drug-likeness (QED) is 0.608. The van der Waals surface area contributed by atoms with Crippen LogP contribution in [0.1, 0.15) is 17.1 Å². The van der Waals surface area contributed by atoms with Crippen LogP contribution >= 0.6 is 0 Å². The summed E-state index contributed by atoms with van der Waals surface area (Å²) in [4.78, 5) is 3.14. The zero-order chi connectivity index (χ0) is 8.01. The average Bonchev–Trinajstić information content (AvgIpc) is 2.37. The van der Waals surface area contributed by atoms with Crippen molar-refractivity contribution >= 4 is 5.65 Å². The first kappa shape index (κ1) is 6.39. The lowest BCUT2D eigenvalue weighted by Gasteiger charge is -1.82. The number of aromatic nitrogens is 4. The van der Waals surface area contributed by atoms with Gasteiger partial charge in [0, 0.05) is 5.56 Å². The summed E-state index contributed by atoms with van der Waals surface area (Å²) in [5.41, 5.74) is 3.20. The van der Waals surface area contributed by atoms with E-state index in [0.29, 0.717) is 0 Å². The number of rotatable bonds is 0. The van der Waals surface area contributed by atoms with E-state index in [0.717, 1.165) is 17.2 Å². The lowest BCUT2D eigenvalue weighted by atomic mass is 10.3. The highest BCUT2D eigenvalue weighted by molar-refractivity contribution is 5.47. The molecule has 4 nitrogen and oxygen atoms in total. The van der Waals surface area contributed by atoms with Crippen LogP contribution in [0.2, 0.25) is 0 Å². The van der Waals surface area contributed by atoms with Gasteiger partial charge >= 0.3 is 0 Å². The number of nitrogens with zero attached hydrogens (tertiary/aromatic N) is 3. The van der Waals surface area contributed by atoms with Crippen LogP contribution in [0, 0.1) is 20.8 Å². The Labute approximate surface area is 64.2 Å². The minimum absolute atomic E-state index is 0.899. The molecule has 2 rings (SSSR count). The zero-order valence-corrected chi connectivity index (χ0v) is 6.84. The number of aryl methyl sites for hydroxylation is 3. The van der Waals surface area contributed by atoms with E-state index in [1.165, 1.54) is 5.56 Å². The Morgan fingerprint density at radius 1 is 1.18 bits per heavy atom. The summed E-state index contributed by atoms with van der Waals surface area (Å²) in [5.74, 6) is 0.899. The van der Waals surface area contributed by atoms with Gasteiger partial charge in [0.2, 0.25) is 0 Å². The molecule has 2 aromatic rings. The molecule has 0 radical (unpaired) electrons. The molecule has 0 bridgehead atoms. The third-order valence-electron chi connectivity index (χ3n) is 1.89. The van der Waals surface area contributed by atoms with Crippen molar-refractivity contribution in [2.75, 3.05) is 0 Å². The minimum Gasteiger partial charge on any atom is -0.325 e. The van der Waals surface area contributed by atoms with Crippen LogP contribution in [-0.2, 0) is 0 Å². The summed E-state index contributed by atoms with van der Waals surface area (Å²) in [6, 6.07) is 0. The first-order chi connectivity index (χ1) is 5.18. The second-order valence-corrected chi connectivity index (χ2v) is 2.76. The molecular weight excluding hydrogens is 140 g/mol. The molecule has 0 amide bonds. The lowest BCUT2D eigenvalue weighted by molar-refractivity contribution is 0.793. The SMILES string of the molecule is Cc1nn2nc(C)c(C)c2[nH]1. The molecule has 0 spiro atoms. The van der Waals surface area contributed by atoms with Crippen molar-refractivity contribution < 1.29 is 0 Å². The van der Waals surface area contributed by atoms with Gasteiger partial charge in [-0.05, 0) is 20.8 Å². The first-order valence-electron chi connectivity index (χ1n) is 3.57.